The molecule has 140 valence electrons. The summed E-state index contributed by atoms with van der Waals surface area (Å²) in [6.07, 6.45) is 2.81. The van der Waals surface area contributed by atoms with Gasteiger partial charge in [0.15, 0.2) is 0 Å². The van der Waals surface area contributed by atoms with Gasteiger partial charge in [0, 0.05) is 25.8 Å². The molecular weight excluding hydrogens is 356 g/mol. The van der Waals surface area contributed by atoms with Crippen molar-refractivity contribution in [3.8, 4) is 0 Å². The van der Waals surface area contributed by atoms with E-state index in [1.54, 1.807) is 29.2 Å². The Kier molecular flexibility index (Phi) is 5.40. The first-order valence-corrected chi connectivity index (χ1v) is 9.94. The van der Waals surface area contributed by atoms with Crippen molar-refractivity contribution in [2.75, 3.05) is 19.6 Å². The minimum absolute atomic E-state index is 0.0870. The summed E-state index contributed by atoms with van der Waals surface area (Å²) >= 11 is 0. The average Bonchev–Trinajstić information content (AvgIpc) is 3.11. The quantitative estimate of drug-likeness (QED) is 0.710. The van der Waals surface area contributed by atoms with E-state index in [1.165, 1.54) is 18.3 Å². The highest BCUT2D eigenvalue weighted by molar-refractivity contribution is 7.89. The Labute approximate surface area is 152 Å². The van der Waals surface area contributed by atoms with Crippen LogP contribution in [0.25, 0.3) is 0 Å². The molecule has 2 heterocycles. The summed E-state index contributed by atoms with van der Waals surface area (Å²) in [6.45, 7) is 0.767. The average molecular weight is 378 g/mol. The van der Waals surface area contributed by atoms with E-state index < -0.39 is 15.6 Å². The van der Waals surface area contributed by atoms with Gasteiger partial charge in [-0.2, -0.15) is 5.10 Å². The third-order valence-corrected chi connectivity index (χ3v) is 6.00. The van der Waals surface area contributed by atoms with Crippen molar-refractivity contribution in [1.82, 2.24) is 19.8 Å². The molecule has 1 amide bonds. The number of amides is 1. The first-order chi connectivity index (χ1) is 12.4. The lowest BCUT2D eigenvalue weighted by atomic mass is 9.95. The molecule has 3 N–H and O–H groups in total. The maximum absolute atomic E-state index is 12.4. The number of benzene rings is 1. The number of aliphatic hydroxyl groups is 1. The number of nitrogens with one attached hydrogen (secondary N) is 2. The summed E-state index contributed by atoms with van der Waals surface area (Å²) < 4.78 is 27.2. The van der Waals surface area contributed by atoms with E-state index in [2.05, 4.69) is 14.9 Å². The Morgan fingerprint density at radius 3 is 2.69 bits per heavy atom. The minimum Gasteiger partial charge on any atom is -0.388 e. The summed E-state index contributed by atoms with van der Waals surface area (Å²) in [7, 11) is -3.68. The fraction of sp³-hybridized carbons (Fsp3) is 0.412. The molecule has 1 saturated heterocycles. The highest BCUT2D eigenvalue weighted by Gasteiger charge is 2.33. The molecular formula is C17H22N4O4S. The van der Waals surface area contributed by atoms with Crippen molar-refractivity contribution in [3.63, 3.8) is 0 Å². The molecule has 9 heteroatoms. The van der Waals surface area contributed by atoms with Gasteiger partial charge in [-0.1, -0.05) is 18.2 Å². The van der Waals surface area contributed by atoms with Crippen LogP contribution in [0.2, 0.25) is 0 Å². The lowest BCUT2D eigenvalue weighted by Crippen LogP contribution is -2.43. The Morgan fingerprint density at radius 2 is 2.00 bits per heavy atom. The number of rotatable bonds is 5. The predicted molar refractivity (Wildman–Crippen MR) is 94.9 cm³/mol. The van der Waals surface area contributed by atoms with Gasteiger partial charge in [-0.15, -0.1) is 0 Å². The summed E-state index contributed by atoms with van der Waals surface area (Å²) in [5.74, 6) is -0.170. The first kappa shape index (κ1) is 18.6. The Bertz CT molecular complexity index is 839. The maximum atomic E-state index is 12.4. The van der Waals surface area contributed by atoms with E-state index in [0.29, 0.717) is 38.0 Å². The standard InChI is InChI=1S/C17H22N4O4S/c22-16(15-7-10-18-20-15)21-11-4-8-17(23,9-12-21)13-19-26(24,25)14-5-2-1-3-6-14/h1-3,5-7,10,19,23H,4,8-9,11-13H2,(H,18,20)/t17-/m1/s1. The fourth-order valence-corrected chi connectivity index (χ4v) is 4.16. The molecule has 2 aromatic rings. The minimum atomic E-state index is -3.68. The number of aromatic nitrogens is 2. The van der Waals surface area contributed by atoms with Crippen LogP contribution in [0.4, 0.5) is 0 Å². The smallest absolute Gasteiger partial charge is 0.271 e. The van der Waals surface area contributed by atoms with E-state index in [1.807, 2.05) is 0 Å². The molecule has 0 spiro atoms. The highest BCUT2D eigenvalue weighted by atomic mass is 32.2. The van der Waals surface area contributed by atoms with Crippen LogP contribution in [0, 0.1) is 0 Å². The van der Waals surface area contributed by atoms with Crippen LogP contribution in [0.3, 0.4) is 0 Å². The number of carbonyl (C=O) groups excluding carboxylic acids is 1. The fourth-order valence-electron chi connectivity index (χ4n) is 3.02. The molecule has 0 aliphatic carbocycles. The first-order valence-electron chi connectivity index (χ1n) is 8.45. The lowest BCUT2D eigenvalue weighted by Gasteiger charge is -2.27. The largest absolute Gasteiger partial charge is 0.388 e. The van der Waals surface area contributed by atoms with Crippen molar-refractivity contribution in [3.05, 3.63) is 48.3 Å². The summed E-state index contributed by atoms with van der Waals surface area (Å²) in [5.41, 5.74) is -0.787. The third kappa shape index (κ3) is 4.29. The van der Waals surface area contributed by atoms with E-state index in [-0.39, 0.29) is 17.3 Å². The normalized spacial score (nSPS) is 21.3. The number of hydrogen-bond donors (Lipinski definition) is 3. The third-order valence-electron chi connectivity index (χ3n) is 4.58. The second-order valence-corrected chi connectivity index (χ2v) is 8.24. The Morgan fingerprint density at radius 1 is 1.23 bits per heavy atom. The molecule has 0 bridgehead atoms. The molecule has 1 atom stereocenters. The molecule has 1 aliphatic heterocycles. The van der Waals surface area contributed by atoms with Crippen molar-refractivity contribution >= 4 is 15.9 Å². The molecule has 0 radical (unpaired) electrons. The molecule has 8 nitrogen and oxygen atoms in total. The molecule has 26 heavy (non-hydrogen) atoms. The van der Waals surface area contributed by atoms with Gasteiger partial charge < -0.3 is 10.0 Å². The van der Waals surface area contributed by atoms with Crippen LogP contribution in [0.15, 0.2) is 47.5 Å². The summed E-state index contributed by atoms with van der Waals surface area (Å²) in [6, 6.07) is 9.65. The highest BCUT2D eigenvalue weighted by Crippen LogP contribution is 2.23. The van der Waals surface area contributed by atoms with Gasteiger partial charge in [-0.25, -0.2) is 13.1 Å². The van der Waals surface area contributed by atoms with Crippen LogP contribution in [-0.2, 0) is 10.0 Å². The number of likely N-dealkylation sites (tertiary alicyclic amines) is 1. The maximum Gasteiger partial charge on any atom is 0.271 e. The number of H-pyrrole nitrogens is 1. The van der Waals surface area contributed by atoms with Crippen LogP contribution >= 0.6 is 0 Å². The second-order valence-electron chi connectivity index (χ2n) is 6.48. The van der Waals surface area contributed by atoms with E-state index >= 15 is 0 Å². The van der Waals surface area contributed by atoms with Crippen molar-refractivity contribution in [1.29, 1.82) is 0 Å². The monoisotopic (exact) mass is 378 g/mol. The number of hydrogen-bond acceptors (Lipinski definition) is 5. The molecule has 3 rings (SSSR count). The van der Waals surface area contributed by atoms with Crippen molar-refractivity contribution in [2.24, 2.45) is 0 Å². The van der Waals surface area contributed by atoms with Gasteiger partial charge in [0.05, 0.1) is 10.5 Å². The second kappa shape index (κ2) is 7.56. The zero-order valence-electron chi connectivity index (χ0n) is 14.3. The van der Waals surface area contributed by atoms with Gasteiger partial charge in [0.1, 0.15) is 5.69 Å². The van der Waals surface area contributed by atoms with Gasteiger partial charge in [0.2, 0.25) is 10.0 Å². The number of aromatic amines is 1. The topological polar surface area (TPSA) is 115 Å². The van der Waals surface area contributed by atoms with E-state index in [9.17, 15) is 18.3 Å². The van der Waals surface area contributed by atoms with Gasteiger partial charge >= 0.3 is 0 Å². The molecule has 0 saturated carbocycles. The van der Waals surface area contributed by atoms with Crippen LogP contribution in [-0.4, -0.2) is 59.8 Å². The summed E-state index contributed by atoms with van der Waals surface area (Å²) in [5, 5.41) is 17.2. The predicted octanol–water partition coefficient (Wildman–Crippen LogP) is 0.745. The molecule has 1 aromatic heterocycles. The van der Waals surface area contributed by atoms with Crippen LogP contribution < -0.4 is 4.72 Å². The van der Waals surface area contributed by atoms with Gasteiger partial charge in [0.25, 0.3) is 5.91 Å². The van der Waals surface area contributed by atoms with Crippen molar-refractivity contribution in [2.45, 2.75) is 29.8 Å². The number of sulfonamides is 1. The molecule has 0 unspecified atom stereocenters. The van der Waals surface area contributed by atoms with Gasteiger partial charge in [-0.3, -0.25) is 9.89 Å². The molecule has 1 aliphatic rings. The Balaban J connectivity index is 1.61. The van der Waals surface area contributed by atoms with Gasteiger partial charge in [-0.05, 0) is 37.5 Å². The SMILES string of the molecule is O=C(c1ccn[nH]1)N1CCC[C@](O)(CNS(=O)(=O)c2ccccc2)CC1. The van der Waals surface area contributed by atoms with Crippen molar-refractivity contribution < 1.29 is 18.3 Å². The number of nitrogens with zero attached hydrogens (tertiary/aromatic N) is 2. The Hall–Kier alpha value is -2.23. The molecule has 1 fully saturated rings. The summed E-state index contributed by atoms with van der Waals surface area (Å²) in [4.78, 5) is 14.2. The lowest BCUT2D eigenvalue weighted by molar-refractivity contribution is 0.0304. The van der Waals surface area contributed by atoms with Crippen LogP contribution in [0.5, 0.6) is 0 Å². The molecule has 1 aromatic carbocycles. The zero-order valence-corrected chi connectivity index (χ0v) is 15.1. The van der Waals surface area contributed by atoms with Crippen LogP contribution in [0.1, 0.15) is 29.8 Å². The zero-order chi connectivity index (χ0) is 18.6. The van der Waals surface area contributed by atoms with E-state index in [0.717, 1.165) is 0 Å². The van der Waals surface area contributed by atoms with E-state index in [4.69, 9.17) is 0 Å². The number of carbonyl (C=O) groups is 1.